The Morgan fingerprint density at radius 3 is 2.66 bits per heavy atom. The van der Waals surface area contributed by atoms with Gasteiger partial charge in [0.05, 0.1) is 11.7 Å². The highest BCUT2D eigenvalue weighted by atomic mass is 79.9. The summed E-state index contributed by atoms with van der Waals surface area (Å²) in [6.45, 7) is 2.80. The van der Waals surface area contributed by atoms with Gasteiger partial charge >= 0.3 is 0 Å². The fraction of sp³-hybridized carbons (Fsp3) is 0.286. The molecule has 0 bridgehead atoms. The number of hydrogen-bond acceptors (Lipinski definition) is 4. The number of halogens is 1. The molecule has 1 atom stereocenters. The van der Waals surface area contributed by atoms with Crippen molar-refractivity contribution < 1.29 is 14.3 Å². The van der Waals surface area contributed by atoms with Crippen LogP contribution in [0.3, 0.4) is 0 Å². The van der Waals surface area contributed by atoms with Gasteiger partial charge in [-0.15, -0.1) is 0 Å². The topological polar surface area (TPSA) is 70.7 Å². The molecule has 0 saturated carbocycles. The van der Waals surface area contributed by atoms with Crippen LogP contribution in [0.2, 0.25) is 0 Å². The van der Waals surface area contributed by atoms with Crippen molar-refractivity contribution in [2.45, 2.75) is 31.9 Å². The van der Waals surface area contributed by atoms with E-state index in [0.29, 0.717) is 23.4 Å². The molecule has 0 aliphatic carbocycles. The standard InChI is InChI=1S/C28H28BrN3O3/c29-22-8-3-7-20(15-22)27(33)31-23-10-11-26(32-13-12-19-5-1-2-6-21(19)18-32)25(16-23)28(34)30-17-24-9-4-14-35-24/h1-3,5-8,10-11,15-16,24H,4,9,12-14,17-18H2,(H,30,34)(H,31,33). The number of amides is 2. The lowest BCUT2D eigenvalue weighted by atomic mass is 9.98. The maximum absolute atomic E-state index is 13.4. The van der Waals surface area contributed by atoms with Crippen LogP contribution in [0.15, 0.2) is 71.2 Å². The normalized spacial score (nSPS) is 17.1. The van der Waals surface area contributed by atoms with Crippen molar-refractivity contribution in [3.63, 3.8) is 0 Å². The highest BCUT2D eigenvalue weighted by Gasteiger charge is 2.23. The number of anilines is 2. The molecule has 1 saturated heterocycles. The first-order chi connectivity index (χ1) is 17.1. The Hall–Kier alpha value is -3.16. The lowest BCUT2D eigenvalue weighted by molar-refractivity contribution is 0.0858. The minimum atomic E-state index is -0.225. The van der Waals surface area contributed by atoms with Crippen LogP contribution in [0.5, 0.6) is 0 Å². The smallest absolute Gasteiger partial charge is 0.255 e. The van der Waals surface area contributed by atoms with E-state index in [-0.39, 0.29) is 17.9 Å². The van der Waals surface area contributed by atoms with Gasteiger partial charge in [0.25, 0.3) is 11.8 Å². The van der Waals surface area contributed by atoms with E-state index in [0.717, 1.165) is 49.1 Å². The summed E-state index contributed by atoms with van der Waals surface area (Å²) in [5.74, 6) is -0.385. The van der Waals surface area contributed by atoms with Crippen LogP contribution < -0.4 is 15.5 Å². The molecule has 2 amide bonds. The van der Waals surface area contributed by atoms with Gasteiger partial charge in [0, 0.05) is 47.7 Å². The molecule has 5 rings (SSSR count). The summed E-state index contributed by atoms with van der Waals surface area (Å²) in [5.41, 5.74) is 5.17. The quantitative estimate of drug-likeness (QED) is 0.458. The zero-order chi connectivity index (χ0) is 24.2. The second-order valence-corrected chi connectivity index (χ2v) is 9.90. The molecule has 3 aromatic rings. The average molecular weight is 534 g/mol. The number of rotatable bonds is 6. The largest absolute Gasteiger partial charge is 0.376 e. The number of carbonyl (C=O) groups excluding carboxylic acids is 2. The lowest BCUT2D eigenvalue weighted by Crippen LogP contribution is -2.35. The molecule has 0 aromatic heterocycles. The van der Waals surface area contributed by atoms with Gasteiger partial charge in [0.2, 0.25) is 0 Å². The molecule has 7 heteroatoms. The summed E-state index contributed by atoms with van der Waals surface area (Å²) in [4.78, 5) is 28.4. The number of nitrogens with one attached hydrogen (secondary N) is 2. The first-order valence-corrected chi connectivity index (χ1v) is 12.8. The van der Waals surface area contributed by atoms with Crippen LogP contribution in [0.1, 0.15) is 44.7 Å². The van der Waals surface area contributed by atoms with E-state index >= 15 is 0 Å². The summed E-state index contributed by atoms with van der Waals surface area (Å²) in [6.07, 6.45) is 2.97. The van der Waals surface area contributed by atoms with Crippen molar-refractivity contribution in [3.05, 3.63) is 93.5 Å². The molecule has 1 fully saturated rings. The predicted molar refractivity (Wildman–Crippen MR) is 141 cm³/mol. The molecule has 35 heavy (non-hydrogen) atoms. The average Bonchev–Trinajstić information content (AvgIpc) is 3.41. The molecule has 2 aliphatic rings. The second kappa shape index (κ2) is 10.6. The number of hydrogen-bond donors (Lipinski definition) is 2. The summed E-state index contributed by atoms with van der Waals surface area (Å²) in [7, 11) is 0. The van der Waals surface area contributed by atoms with Crippen LogP contribution >= 0.6 is 15.9 Å². The van der Waals surface area contributed by atoms with Crippen LogP contribution in [0.25, 0.3) is 0 Å². The monoisotopic (exact) mass is 533 g/mol. The molecule has 0 spiro atoms. The molecule has 6 nitrogen and oxygen atoms in total. The highest BCUT2D eigenvalue weighted by Crippen LogP contribution is 2.30. The van der Waals surface area contributed by atoms with E-state index in [9.17, 15) is 9.59 Å². The second-order valence-electron chi connectivity index (χ2n) is 8.98. The lowest BCUT2D eigenvalue weighted by Gasteiger charge is -2.32. The van der Waals surface area contributed by atoms with Gasteiger partial charge in [-0.25, -0.2) is 0 Å². The Kier molecular flexibility index (Phi) is 7.16. The fourth-order valence-corrected chi connectivity index (χ4v) is 5.11. The molecule has 3 aromatic carbocycles. The van der Waals surface area contributed by atoms with Crippen molar-refractivity contribution in [1.29, 1.82) is 0 Å². The third-order valence-electron chi connectivity index (χ3n) is 6.57. The van der Waals surface area contributed by atoms with Gasteiger partial charge in [0.1, 0.15) is 0 Å². The zero-order valence-corrected chi connectivity index (χ0v) is 21.0. The zero-order valence-electron chi connectivity index (χ0n) is 19.4. The molecule has 2 N–H and O–H groups in total. The maximum Gasteiger partial charge on any atom is 0.255 e. The fourth-order valence-electron chi connectivity index (χ4n) is 4.71. The van der Waals surface area contributed by atoms with Gasteiger partial charge < -0.3 is 20.3 Å². The van der Waals surface area contributed by atoms with Crippen LogP contribution in [0, 0.1) is 0 Å². The summed E-state index contributed by atoms with van der Waals surface area (Å²) >= 11 is 3.41. The summed E-state index contributed by atoms with van der Waals surface area (Å²) in [5, 5.41) is 5.99. The Morgan fingerprint density at radius 1 is 1.00 bits per heavy atom. The molecule has 2 heterocycles. The highest BCUT2D eigenvalue weighted by molar-refractivity contribution is 9.10. The van der Waals surface area contributed by atoms with E-state index in [1.165, 1.54) is 11.1 Å². The third kappa shape index (κ3) is 5.57. The molecule has 2 aliphatic heterocycles. The predicted octanol–water partition coefficient (Wildman–Crippen LogP) is 5.17. The number of fused-ring (bicyclic) bond motifs is 1. The van der Waals surface area contributed by atoms with Crippen LogP contribution in [-0.4, -0.2) is 37.6 Å². The molecule has 1 unspecified atom stereocenters. The minimum absolute atomic E-state index is 0.0590. The van der Waals surface area contributed by atoms with Gasteiger partial charge in [-0.05, 0) is 66.8 Å². The van der Waals surface area contributed by atoms with Crippen molar-refractivity contribution in [1.82, 2.24) is 5.32 Å². The summed E-state index contributed by atoms with van der Waals surface area (Å²) < 4.78 is 6.51. The Labute approximate surface area is 213 Å². The van der Waals surface area contributed by atoms with E-state index in [1.54, 1.807) is 18.2 Å². The SMILES string of the molecule is O=C(Nc1ccc(N2CCc3ccccc3C2)c(C(=O)NCC2CCCO2)c1)c1cccc(Br)c1. The van der Waals surface area contributed by atoms with Crippen molar-refractivity contribution in [3.8, 4) is 0 Å². The number of nitrogens with zero attached hydrogens (tertiary/aromatic N) is 1. The van der Waals surface area contributed by atoms with Gasteiger partial charge in [0.15, 0.2) is 0 Å². The van der Waals surface area contributed by atoms with Crippen LogP contribution in [-0.2, 0) is 17.7 Å². The summed E-state index contributed by atoms with van der Waals surface area (Å²) in [6, 6.07) is 21.2. The Balaban J connectivity index is 1.40. The molecule has 0 radical (unpaired) electrons. The Morgan fingerprint density at radius 2 is 1.86 bits per heavy atom. The number of ether oxygens (including phenoxy) is 1. The van der Waals surface area contributed by atoms with E-state index in [4.69, 9.17) is 4.74 Å². The third-order valence-corrected chi connectivity index (χ3v) is 7.06. The molecular formula is C28H28BrN3O3. The number of carbonyl (C=O) groups is 2. The van der Waals surface area contributed by atoms with E-state index in [2.05, 4.69) is 55.7 Å². The van der Waals surface area contributed by atoms with Crippen molar-refractivity contribution in [2.24, 2.45) is 0 Å². The number of benzene rings is 3. The van der Waals surface area contributed by atoms with Gasteiger partial charge in [-0.1, -0.05) is 46.3 Å². The van der Waals surface area contributed by atoms with Gasteiger partial charge in [-0.2, -0.15) is 0 Å². The van der Waals surface area contributed by atoms with Crippen molar-refractivity contribution in [2.75, 3.05) is 29.9 Å². The Bertz CT molecular complexity index is 1240. The van der Waals surface area contributed by atoms with E-state index < -0.39 is 0 Å². The first-order valence-electron chi connectivity index (χ1n) is 12.0. The van der Waals surface area contributed by atoms with Crippen molar-refractivity contribution >= 4 is 39.1 Å². The molecular weight excluding hydrogens is 506 g/mol. The molecule has 180 valence electrons. The minimum Gasteiger partial charge on any atom is -0.376 e. The van der Waals surface area contributed by atoms with Gasteiger partial charge in [-0.3, -0.25) is 9.59 Å². The van der Waals surface area contributed by atoms with E-state index in [1.807, 2.05) is 24.3 Å². The van der Waals surface area contributed by atoms with Crippen LogP contribution in [0.4, 0.5) is 11.4 Å². The maximum atomic E-state index is 13.4. The first kappa shape index (κ1) is 23.6.